The van der Waals surface area contributed by atoms with Crippen LogP contribution in [0.3, 0.4) is 0 Å². The number of para-hydroxylation sites is 1. The summed E-state index contributed by atoms with van der Waals surface area (Å²) in [5, 5.41) is 2.66. The molecule has 2 rings (SSSR count). The smallest absolute Gasteiger partial charge is 0.248 e. The molecule has 0 radical (unpaired) electrons. The highest BCUT2D eigenvalue weighted by Crippen LogP contribution is 2.23. The van der Waals surface area contributed by atoms with Gasteiger partial charge in [0.05, 0.1) is 11.9 Å². The molecule has 0 aliphatic heterocycles. The number of nitrogens with two attached hydrogens (primary N) is 1. The molecule has 1 atom stereocenters. The predicted molar refractivity (Wildman–Crippen MR) is 101 cm³/mol. The Hall–Kier alpha value is -2.87. The number of nitrogens with zero attached hydrogens (tertiary/aromatic N) is 1. The first-order chi connectivity index (χ1) is 12.2. The normalized spacial score (nSPS) is 12.2. The first-order valence-electron chi connectivity index (χ1n) is 7.99. The number of amides is 2. The number of primary amides is 1. The summed E-state index contributed by atoms with van der Waals surface area (Å²) in [5.74, 6) is -1.11. The lowest BCUT2D eigenvalue weighted by atomic mass is 10.1. The summed E-state index contributed by atoms with van der Waals surface area (Å²) in [6.45, 7) is 1.73. The SMILES string of the molecule is CCC(C(=O)Nc1cccc(C(N)=O)c1)N(c1ccccc1)S(C)(=O)=O. The van der Waals surface area contributed by atoms with Crippen molar-refractivity contribution in [3.63, 3.8) is 0 Å². The minimum Gasteiger partial charge on any atom is -0.366 e. The molecule has 2 amide bonds. The topological polar surface area (TPSA) is 110 Å². The van der Waals surface area contributed by atoms with E-state index in [-0.39, 0.29) is 12.0 Å². The van der Waals surface area contributed by atoms with Crippen LogP contribution in [0.1, 0.15) is 23.7 Å². The van der Waals surface area contributed by atoms with E-state index in [9.17, 15) is 18.0 Å². The molecule has 7 nitrogen and oxygen atoms in total. The second-order valence-corrected chi connectivity index (χ2v) is 7.61. The highest BCUT2D eigenvalue weighted by atomic mass is 32.2. The average Bonchev–Trinajstić information content (AvgIpc) is 2.59. The molecule has 0 saturated heterocycles. The minimum absolute atomic E-state index is 0.249. The van der Waals surface area contributed by atoms with Crippen molar-refractivity contribution in [3.8, 4) is 0 Å². The Morgan fingerprint density at radius 1 is 1.12 bits per heavy atom. The van der Waals surface area contributed by atoms with Gasteiger partial charge in [0.2, 0.25) is 21.8 Å². The van der Waals surface area contributed by atoms with Crippen LogP contribution in [0, 0.1) is 0 Å². The summed E-state index contributed by atoms with van der Waals surface area (Å²) in [6, 6.07) is 13.7. The second-order valence-electron chi connectivity index (χ2n) is 5.75. The molecule has 0 heterocycles. The minimum atomic E-state index is -3.69. The zero-order chi connectivity index (χ0) is 19.3. The number of carbonyl (C=O) groups is 2. The van der Waals surface area contributed by atoms with E-state index in [4.69, 9.17) is 5.73 Å². The quantitative estimate of drug-likeness (QED) is 0.771. The highest BCUT2D eigenvalue weighted by Gasteiger charge is 2.31. The zero-order valence-corrected chi connectivity index (χ0v) is 15.4. The predicted octanol–water partition coefficient (Wildman–Crippen LogP) is 1.97. The van der Waals surface area contributed by atoms with Crippen molar-refractivity contribution in [2.45, 2.75) is 19.4 Å². The maximum absolute atomic E-state index is 12.8. The van der Waals surface area contributed by atoms with Gasteiger partial charge in [0.15, 0.2) is 0 Å². The molecule has 3 N–H and O–H groups in total. The van der Waals surface area contributed by atoms with E-state index in [1.165, 1.54) is 12.1 Å². The molecule has 26 heavy (non-hydrogen) atoms. The Morgan fingerprint density at radius 3 is 2.31 bits per heavy atom. The van der Waals surface area contributed by atoms with Crippen LogP contribution >= 0.6 is 0 Å². The molecule has 0 saturated carbocycles. The van der Waals surface area contributed by atoms with Crippen molar-refractivity contribution >= 4 is 33.2 Å². The van der Waals surface area contributed by atoms with Gasteiger partial charge in [0, 0.05) is 11.3 Å². The number of nitrogens with one attached hydrogen (secondary N) is 1. The molecule has 8 heteroatoms. The van der Waals surface area contributed by atoms with E-state index in [0.717, 1.165) is 10.6 Å². The van der Waals surface area contributed by atoms with E-state index >= 15 is 0 Å². The molecular weight excluding hydrogens is 354 g/mol. The maximum atomic E-state index is 12.8. The van der Waals surface area contributed by atoms with Crippen molar-refractivity contribution in [1.82, 2.24) is 0 Å². The van der Waals surface area contributed by atoms with Gasteiger partial charge in [-0.1, -0.05) is 31.2 Å². The molecule has 0 aromatic heterocycles. The molecular formula is C18H21N3O4S. The van der Waals surface area contributed by atoms with Crippen molar-refractivity contribution in [3.05, 3.63) is 60.2 Å². The summed E-state index contributed by atoms with van der Waals surface area (Å²) in [4.78, 5) is 24.0. The Kier molecular flexibility index (Phi) is 5.99. The largest absolute Gasteiger partial charge is 0.366 e. The van der Waals surface area contributed by atoms with Crippen LogP contribution in [0.5, 0.6) is 0 Å². The van der Waals surface area contributed by atoms with Crippen molar-refractivity contribution in [2.24, 2.45) is 5.73 Å². The van der Waals surface area contributed by atoms with E-state index in [2.05, 4.69) is 5.32 Å². The van der Waals surface area contributed by atoms with E-state index in [1.807, 2.05) is 0 Å². The molecule has 2 aromatic rings. The molecule has 0 bridgehead atoms. The summed E-state index contributed by atoms with van der Waals surface area (Å²) >= 11 is 0. The van der Waals surface area contributed by atoms with Gasteiger partial charge in [-0.15, -0.1) is 0 Å². The maximum Gasteiger partial charge on any atom is 0.248 e. The molecule has 1 unspecified atom stereocenters. The van der Waals surface area contributed by atoms with Gasteiger partial charge in [-0.3, -0.25) is 13.9 Å². The molecule has 0 spiro atoms. The Labute approximate surface area is 152 Å². The van der Waals surface area contributed by atoms with Crippen molar-refractivity contribution in [1.29, 1.82) is 0 Å². The molecule has 0 aliphatic carbocycles. The first kappa shape index (κ1) is 19.5. The fourth-order valence-corrected chi connectivity index (χ4v) is 3.82. The summed E-state index contributed by atoms with van der Waals surface area (Å²) in [6.07, 6.45) is 1.33. The third-order valence-electron chi connectivity index (χ3n) is 3.76. The number of sulfonamides is 1. The lowest BCUT2D eigenvalue weighted by Gasteiger charge is -2.30. The van der Waals surface area contributed by atoms with Gasteiger partial charge in [-0.05, 0) is 36.8 Å². The Morgan fingerprint density at radius 2 is 1.77 bits per heavy atom. The van der Waals surface area contributed by atoms with Gasteiger partial charge < -0.3 is 11.1 Å². The first-order valence-corrected chi connectivity index (χ1v) is 9.84. The number of hydrogen-bond donors (Lipinski definition) is 2. The summed E-state index contributed by atoms with van der Waals surface area (Å²) in [5.41, 5.74) is 6.26. The van der Waals surface area contributed by atoms with Crippen molar-refractivity contribution in [2.75, 3.05) is 15.9 Å². The van der Waals surface area contributed by atoms with Gasteiger partial charge in [0.25, 0.3) is 0 Å². The number of benzene rings is 2. The monoisotopic (exact) mass is 375 g/mol. The van der Waals surface area contributed by atoms with Gasteiger partial charge >= 0.3 is 0 Å². The third kappa shape index (κ3) is 4.60. The van der Waals surface area contributed by atoms with Gasteiger partial charge in [0.1, 0.15) is 6.04 Å². The number of anilines is 2. The van der Waals surface area contributed by atoms with E-state index < -0.39 is 27.9 Å². The fraction of sp³-hybridized carbons (Fsp3) is 0.222. The number of rotatable bonds is 7. The van der Waals surface area contributed by atoms with E-state index in [1.54, 1.807) is 49.4 Å². The zero-order valence-electron chi connectivity index (χ0n) is 14.5. The summed E-state index contributed by atoms with van der Waals surface area (Å²) < 4.78 is 25.7. The lowest BCUT2D eigenvalue weighted by molar-refractivity contribution is -0.117. The molecule has 0 aliphatic rings. The fourth-order valence-electron chi connectivity index (χ4n) is 2.61. The third-order valence-corrected chi connectivity index (χ3v) is 4.93. The molecule has 138 valence electrons. The average molecular weight is 375 g/mol. The van der Waals surface area contributed by atoms with Gasteiger partial charge in [-0.2, -0.15) is 0 Å². The van der Waals surface area contributed by atoms with Crippen LogP contribution in [0.15, 0.2) is 54.6 Å². The standard InChI is InChI=1S/C18H21N3O4S/c1-3-16(21(26(2,24)25)15-10-5-4-6-11-15)18(23)20-14-9-7-8-13(12-14)17(19)22/h4-12,16H,3H2,1-2H3,(H2,19,22)(H,20,23). The number of hydrogen-bond acceptors (Lipinski definition) is 4. The van der Waals surface area contributed by atoms with Crippen LogP contribution < -0.4 is 15.4 Å². The number of carbonyl (C=O) groups excluding carboxylic acids is 2. The Bertz CT molecular complexity index is 898. The molecule has 0 fully saturated rings. The summed E-state index contributed by atoms with van der Waals surface area (Å²) in [7, 11) is -3.69. The van der Waals surface area contributed by atoms with Crippen LogP contribution in [-0.2, 0) is 14.8 Å². The van der Waals surface area contributed by atoms with Crippen LogP contribution in [0.25, 0.3) is 0 Å². The van der Waals surface area contributed by atoms with E-state index in [0.29, 0.717) is 11.4 Å². The van der Waals surface area contributed by atoms with Crippen LogP contribution in [-0.4, -0.2) is 32.5 Å². The van der Waals surface area contributed by atoms with Gasteiger partial charge in [-0.25, -0.2) is 8.42 Å². The van der Waals surface area contributed by atoms with Crippen LogP contribution in [0.4, 0.5) is 11.4 Å². The second kappa shape index (κ2) is 8.01. The Balaban J connectivity index is 2.34. The highest BCUT2D eigenvalue weighted by molar-refractivity contribution is 7.92. The molecule has 2 aromatic carbocycles. The van der Waals surface area contributed by atoms with Crippen molar-refractivity contribution < 1.29 is 18.0 Å². The van der Waals surface area contributed by atoms with Crippen LogP contribution in [0.2, 0.25) is 0 Å². The lowest BCUT2D eigenvalue weighted by Crippen LogP contribution is -2.47.